The Morgan fingerprint density at radius 2 is 1.88 bits per heavy atom. The maximum atomic E-state index is 12.7. The fourth-order valence-corrected chi connectivity index (χ4v) is 3.25. The average molecular weight is 373 g/mol. The Labute approximate surface area is 149 Å². The summed E-state index contributed by atoms with van der Waals surface area (Å²) in [5.41, 5.74) is 0.276. The fraction of sp³-hybridized carbons (Fsp3) is 0.176. The molecule has 9 heteroatoms. The molecule has 1 aliphatic rings. The number of sulfonamides is 1. The van der Waals surface area contributed by atoms with Gasteiger partial charge in [-0.3, -0.25) is 4.79 Å². The Morgan fingerprint density at radius 1 is 1.15 bits per heavy atom. The standard InChI is InChI=1S/C17H15N3O5S/c18-26(22,23)12-5-3-11(4-6-12)19-16(21)17(7-8-17)15-10-14(25-20-15)13-2-1-9-24-13/h1-6,9-10H,7-8H2,(H,19,21)(H2,18,22,23). The van der Waals surface area contributed by atoms with E-state index in [-0.39, 0.29) is 10.8 Å². The number of benzene rings is 1. The minimum Gasteiger partial charge on any atom is -0.461 e. The van der Waals surface area contributed by atoms with E-state index < -0.39 is 15.4 Å². The van der Waals surface area contributed by atoms with Crippen molar-refractivity contribution in [2.24, 2.45) is 5.14 Å². The molecule has 0 atom stereocenters. The van der Waals surface area contributed by atoms with Crippen LogP contribution in [0.25, 0.3) is 11.5 Å². The number of carbonyl (C=O) groups is 1. The van der Waals surface area contributed by atoms with Gasteiger partial charge in [-0.15, -0.1) is 0 Å². The van der Waals surface area contributed by atoms with Gasteiger partial charge in [-0.2, -0.15) is 0 Å². The first-order valence-electron chi connectivity index (χ1n) is 7.84. The van der Waals surface area contributed by atoms with Crippen molar-refractivity contribution in [3.63, 3.8) is 0 Å². The Hall–Kier alpha value is -2.91. The molecule has 1 fully saturated rings. The van der Waals surface area contributed by atoms with E-state index in [0.717, 1.165) is 0 Å². The predicted molar refractivity (Wildman–Crippen MR) is 91.6 cm³/mol. The van der Waals surface area contributed by atoms with Gasteiger partial charge in [0, 0.05) is 11.8 Å². The number of nitrogens with one attached hydrogen (secondary N) is 1. The minimum absolute atomic E-state index is 0.0174. The number of nitrogens with zero attached hydrogens (tertiary/aromatic N) is 1. The van der Waals surface area contributed by atoms with Crippen molar-refractivity contribution in [1.82, 2.24) is 5.16 Å². The third-order valence-electron chi connectivity index (χ3n) is 4.39. The third-order valence-corrected chi connectivity index (χ3v) is 5.32. The molecule has 134 valence electrons. The first-order valence-corrected chi connectivity index (χ1v) is 9.38. The highest BCUT2D eigenvalue weighted by Crippen LogP contribution is 2.49. The molecule has 3 N–H and O–H groups in total. The van der Waals surface area contributed by atoms with E-state index >= 15 is 0 Å². The number of carbonyl (C=O) groups excluding carboxylic acids is 1. The summed E-state index contributed by atoms with van der Waals surface area (Å²) in [6.07, 6.45) is 2.83. The van der Waals surface area contributed by atoms with E-state index in [9.17, 15) is 13.2 Å². The van der Waals surface area contributed by atoms with Crippen LogP contribution in [0.2, 0.25) is 0 Å². The second-order valence-corrected chi connectivity index (χ2v) is 7.72. The van der Waals surface area contributed by atoms with Crippen molar-refractivity contribution in [2.45, 2.75) is 23.2 Å². The van der Waals surface area contributed by atoms with Crippen LogP contribution in [0.5, 0.6) is 0 Å². The van der Waals surface area contributed by atoms with Gasteiger partial charge in [-0.05, 0) is 49.2 Å². The molecule has 0 aliphatic heterocycles. The zero-order valence-electron chi connectivity index (χ0n) is 13.5. The summed E-state index contributed by atoms with van der Waals surface area (Å²) < 4.78 is 33.1. The second-order valence-electron chi connectivity index (χ2n) is 6.16. The highest BCUT2D eigenvalue weighted by Gasteiger charge is 2.54. The van der Waals surface area contributed by atoms with Crippen molar-refractivity contribution >= 4 is 21.6 Å². The summed E-state index contributed by atoms with van der Waals surface area (Å²) >= 11 is 0. The topological polar surface area (TPSA) is 128 Å². The van der Waals surface area contributed by atoms with Crippen molar-refractivity contribution in [3.05, 3.63) is 54.4 Å². The molecular weight excluding hydrogens is 358 g/mol. The van der Waals surface area contributed by atoms with E-state index in [4.69, 9.17) is 14.1 Å². The van der Waals surface area contributed by atoms with E-state index in [1.807, 2.05) is 0 Å². The molecule has 1 aliphatic carbocycles. The summed E-state index contributed by atoms with van der Waals surface area (Å²) in [5, 5.41) is 11.9. The fourth-order valence-electron chi connectivity index (χ4n) is 2.74. The Balaban J connectivity index is 1.53. The van der Waals surface area contributed by atoms with Gasteiger partial charge in [0.1, 0.15) is 0 Å². The lowest BCUT2D eigenvalue weighted by Crippen LogP contribution is -2.28. The van der Waals surface area contributed by atoms with E-state index in [1.54, 1.807) is 18.2 Å². The lowest BCUT2D eigenvalue weighted by molar-refractivity contribution is -0.118. The first kappa shape index (κ1) is 16.6. The number of rotatable bonds is 5. The molecule has 8 nitrogen and oxygen atoms in total. The smallest absolute Gasteiger partial charge is 0.238 e. The van der Waals surface area contributed by atoms with Crippen LogP contribution in [0.15, 0.2) is 62.6 Å². The molecule has 0 saturated heterocycles. The SMILES string of the molecule is NS(=O)(=O)c1ccc(NC(=O)C2(c3cc(-c4ccco4)on3)CC2)cc1. The van der Waals surface area contributed by atoms with Gasteiger partial charge in [-0.1, -0.05) is 5.16 Å². The first-order chi connectivity index (χ1) is 12.4. The molecule has 2 aromatic heterocycles. The van der Waals surface area contributed by atoms with Crippen LogP contribution in [-0.4, -0.2) is 19.5 Å². The zero-order chi connectivity index (χ0) is 18.4. The van der Waals surface area contributed by atoms with Crippen LogP contribution in [0.3, 0.4) is 0 Å². The quantitative estimate of drug-likeness (QED) is 0.706. The Kier molecular flexibility index (Phi) is 3.70. The molecule has 26 heavy (non-hydrogen) atoms. The van der Waals surface area contributed by atoms with Gasteiger partial charge in [0.05, 0.1) is 22.3 Å². The summed E-state index contributed by atoms with van der Waals surface area (Å²) in [6.45, 7) is 0. The van der Waals surface area contributed by atoms with Gasteiger partial charge >= 0.3 is 0 Å². The molecule has 0 spiro atoms. The molecule has 4 rings (SSSR count). The van der Waals surface area contributed by atoms with Crippen molar-refractivity contribution in [1.29, 1.82) is 0 Å². The van der Waals surface area contributed by atoms with Gasteiger partial charge in [0.25, 0.3) is 0 Å². The molecule has 0 bridgehead atoms. The van der Waals surface area contributed by atoms with Crippen molar-refractivity contribution < 1.29 is 22.2 Å². The molecule has 1 aromatic carbocycles. The second kappa shape index (κ2) is 5.82. The normalized spacial score (nSPS) is 15.6. The number of anilines is 1. The Bertz CT molecular complexity index is 1050. The number of hydrogen-bond acceptors (Lipinski definition) is 6. The van der Waals surface area contributed by atoms with Crippen LogP contribution in [0.4, 0.5) is 5.69 Å². The lowest BCUT2D eigenvalue weighted by Gasteiger charge is -2.12. The van der Waals surface area contributed by atoms with Crippen molar-refractivity contribution in [2.75, 3.05) is 5.32 Å². The number of amides is 1. The molecule has 0 unspecified atom stereocenters. The molecule has 2 heterocycles. The maximum absolute atomic E-state index is 12.7. The van der Waals surface area contributed by atoms with Gasteiger partial charge in [0.15, 0.2) is 5.76 Å². The van der Waals surface area contributed by atoms with Crippen LogP contribution in [-0.2, 0) is 20.2 Å². The zero-order valence-corrected chi connectivity index (χ0v) is 14.3. The summed E-state index contributed by atoms with van der Waals surface area (Å²) in [5.74, 6) is 0.778. The summed E-state index contributed by atoms with van der Waals surface area (Å²) in [4.78, 5) is 12.7. The van der Waals surface area contributed by atoms with Crippen LogP contribution in [0, 0.1) is 0 Å². The number of hydrogen-bond donors (Lipinski definition) is 2. The van der Waals surface area contributed by atoms with Crippen molar-refractivity contribution in [3.8, 4) is 11.5 Å². The third kappa shape index (κ3) is 2.91. The summed E-state index contributed by atoms with van der Waals surface area (Å²) in [6, 6.07) is 10.9. The Morgan fingerprint density at radius 3 is 2.46 bits per heavy atom. The van der Waals surface area contributed by atoms with E-state index in [2.05, 4.69) is 10.5 Å². The summed E-state index contributed by atoms with van der Waals surface area (Å²) in [7, 11) is -3.77. The molecule has 0 radical (unpaired) electrons. The van der Waals surface area contributed by atoms with E-state index in [0.29, 0.717) is 35.7 Å². The number of primary sulfonamides is 1. The van der Waals surface area contributed by atoms with Gasteiger partial charge < -0.3 is 14.3 Å². The monoisotopic (exact) mass is 373 g/mol. The lowest BCUT2D eigenvalue weighted by atomic mass is 10.0. The van der Waals surface area contributed by atoms with Gasteiger partial charge in [0.2, 0.25) is 21.7 Å². The number of nitrogens with two attached hydrogens (primary N) is 1. The van der Waals surface area contributed by atoms with Gasteiger partial charge in [-0.25, -0.2) is 13.6 Å². The highest BCUT2D eigenvalue weighted by molar-refractivity contribution is 7.89. The van der Waals surface area contributed by atoms with Crippen LogP contribution >= 0.6 is 0 Å². The molecular formula is C17H15N3O5S. The maximum Gasteiger partial charge on any atom is 0.238 e. The average Bonchev–Trinajstić information content (AvgIpc) is 3.02. The molecule has 1 amide bonds. The molecule has 1 saturated carbocycles. The largest absolute Gasteiger partial charge is 0.461 e. The predicted octanol–water partition coefficient (Wildman–Crippen LogP) is 2.25. The highest BCUT2D eigenvalue weighted by atomic mass is 32.2. The van der Waals surface area contributed by atoms with Crippen LogP contribution < -0.4 is 10.5 Å². The molecule has 3 aromatic rings. The minimum atomic E-state index is -3.77. The van der Waals surface area contributed by atoms with Crippen LogP contribution in [0.1, 0.15) is 18.5 Å². The number of furan rings is 1. The van der Waals surface area contributed by atoms with E-state index in [1.165, 1.54) is 30.5 Å². The number of aromatic nitrogens is 1.